The quantitative estimate of drug-likeness (QED) is 0.846. The van der Waals surface area contributed by atoms with Crippen LogP contribution in [0.25, 0.3) is 0 Å². The molecule has 1 aromatic carbocycles. The van der Waals surface area contributed by atoms with Gasteiger partial charge >= 0.3 is 0 Å². The lowest BCUT2D eigenvalue weighted by molar-refractivity contribution is 0.187. The van der Waals surface area contributed by atoms with Gasteiger partial charge in [0.25, 0.3) is 0 Å². The summed E-state index contributed by atoms with van der Waals surface area (Å²) in [6.45, 7) is -0.152. The van der Waals surface area contributed by atoms with Gasteiger partial charge in [0.15, 0.2) is 0 Å². The van der Waals surface area contributed by atoms with Crippen molar-refractivity contribution in [3.63, 3.8) is 0 Å². The zero-order chi connectivity index (χ0) is 14.6. The summed E-state index contributed by atoms with van der Waals surface area (Å²) < 4.78 is 28.1. The lowest BCUT2D eigenvalue weighted by atomic mass is 9.84. The number of halogens is 1. The van der Waals surface area contributed by atoms with Crippen LogP contribution in [0.1, 0.15) is 32.1 Å². The number of aliphatic hydroxyl groups is 1. The van der Waals surface area contributed by atoms with Crippen molar-refractivity contribution in [1.29, 1.82) is 0 Å². The summed E-state index contributed by atoms with van der Waals surface area (Å²) in [5.41, 5.74) is 0. The van der Waals surface area contributed by atoms with Gasteiger partial charge in [-0.15, -0.1) is 0 Å². The van der Waals surface area contributed by atoms with Crippen LogP contribution in [0.4, 0.5) is 0 Å². The van der Waals surface area contributed by atoms with Crippen LogP contribution in [0.3, 0.4) is 0 Å². The number of rotatable bonds is 5. The first-order chi connectivity index (χ1) is 9.53. The SMILES string of the molecule is O=S(=O)(NC(CO)C1CCCCC1)c1ccc(Br)cc1. The van der Waals surface area contributed by atoms with E-state index in [1.807, 2.05) is 0 Å². The van der Waals surface area contributed by atoms with E-state index >= 15 is 0 Å². The predicted octanol–water partition coefficient (Wildman–Crippen LogP) is 2.67. The van der Waals surface area contributed by atoms with Gasteiger partial charge in [0.2, 0.25) is 10.0 Å². The van der Waals surface area contributed by atoms with E-state index in [-0.39, 0.29) is 23.5 Å². The Morgan fingerprint density at radius 3 is 2.35 bits per heavy atom. The molecule has 0 aliphatic heterocycles. The molecule has 1 aliphatic rings. The molecular weight excluding hydrogens is 342 g/mol. The van der Waals surface area contributed by atoms with E-state index in [4.69, 9.17) is 0 Å². The standard InChI is InChI=1S/C14H20BrNO3S/c15-12-6-8-13(9-7-12)20(18,19)16-14(10-17)11-4-2-1-3-5-11/h6-9,11,14,16-17H,1-5,10H2. The van der Waals surface area contributed by atoms with Gasteiger partial charge < -0.3 is 5.11 Å². The summed E-state index contributed by atoms with van der Waals surface area (Å²) in [5, 5.41) is 9.50. The molecule has 4 nitrogen and oxygen atoms in total. The second kappa shape index (κ2) is 7.02. The summed E-state index contributed by atoms with van der Waals surface area (Å²) in [5.74, 6) is 0.235. The third-order valence-electron chi connectivity index (χ3n) is 3.85. The molecule has 1 fully saturated rings. The Kier molecular flexibility index (Phi) is 5.60. The minimum atomic E-state index is -3.57. The Balaban J connectivity index is 2.10. The first kappa shape index (κ1) is 15.9. The van der Waals surface area contributed by atoms with Crippen LogP contribution in [-0.2, 0) is 10.0 Å². The van der Waals surface area contributed by atoms with Crippen molar-refractivity contribution in [2.45, 2.75) is 43.0 Å². The van der Waals surface area contributed by atoms with Crippen molar-refractivity contribution in [2.75, 3.05) is 6.61 Å². The Labute approximate surface area is 128 Å². The van der Waals surface area contributed by atoms with Crippen molar-refractivity contribution in [3.8, 4) is 0 Å². The minimum absolute atomic E-state index is 0.152. The van der Waals surface area contributed by atoms with Gasteiger partial charge in [0, 0.05) is 10.5 Å². The number of hydrogen-bond donors (Lipinski definition) is 2. The third-order valence-corrected chi connectivity index (χ3v) is 5.88. The minimum Gasteiger partial charge on any atom is -0.395 e. The van der Waals surface area contributed by atoms with Gasteiger partial charge in [-0.1, -0.05) is 35.2 Å². The van der Waals surface area contributed by atoms with Gasteiger partial charge in [-0.3, -0.25) is 0 Å². The summed E-state index contributed by atoms with van der Waals surface area (Å²) >= 11 is 3.28. The maximum atomic E-state index is 12.3. The smallest absolute Gasteiger partial charge is 0.240 e. The largest absolute Gasteiger partial charge is 0.395 e. The molecule has 0 amide bonds. The summed E-state index contributed by atoms with van der Waals surface area (Å²) in [4.78, 5) is 0.231. The second-order valence-corrected chi connectivity index (χ2v) is 7.89. The highest BCUT2D eigenvalue weighted by molar-refractivity contribution is 9.10. The monoisotopic (exact) mass is 361 g/mol. The van der Waals surface area contributed by atoms with Crippen LogP contribution < -0.4 is 4.72 Å². The molecule has 112 valence electrons. The number of hydrogen-bond acceptors (Lipinski definition) is 3. The first-order valence-corrected chi connectivity index (χ1v) is 9.19. The van der Waals surface area contributed by atoms with Gasteiger partial charge in [0.05, 0.1) is 11.5 Å². The highest BCUT2D eigenvalue weighted by Gasteiger charge is 2.27. The van der Waals surface area contributed by atoms with Crippen LogP contribution in [0.5, 0.6) is 0 Å². The molecule has 20 heavy (non-hydrogen) atoms. The van der Waals surface area contributed by atoms with Crippen molar-refractivity contribution in [1.82, 2.24) is 4.72 Å². The van der Waals surface area contributed by atoms with Crippen molar-refractivity contribution >= 4 is 26.0 Å². The van der Waals surface area contributed by atoms with E-state index in [1.54, 1.807) is 24.3 Å². The lowest BCUT2D eigenvalue weighted by Crippen LogP contribution is -2.43. The lowest BCUT2D eigenvalue weighted by Gasteiger charge is -2.29. The van der Waals surface area contributed by atoms with E-state index in [2.05, 4.69) is 20.7 Å². The molecule has 1 saturated carbocycles. The Morgan fingerprint density at radius 2 is 1.80 bits per heavy atom. The average Bonchev–Trinajstić information content (AvgIpc) is 2.46. The molecule has 0 bridgehead atoms. The highest BCUT2D eigenvalue weighted by atomic mass is 79.9. The highest BCUT2D eigenvalue weighted by Crippen LogP contribution is 2.27. The fraction of sp³-hybridized carbons (Fsp3) is 0.571. The van der Waals surface area contributed by atoms with Gasteiger partial charge in [-0.05, 0) is 43.0 Å². The second-order valence-electron chi connectivity index (χ2n) is 5.26. The van der Waals surface area contributed by atoms with E-state index in [1.165, 1.54) is 6.42 Å². The fourth-order valence-electron chi connectivity index (χ4n) is 2.70. The number of aliphatic hydroxyl groups excluding tert-OH is 1. The number of benzene rings is 1. The fourth-order valence-corrected chi connectivity index (χ4v) is 4.26. The molecule has 1 aromatic rings. The number of nitrogens with one attached hydrogen (secondary N) is 1. The topological polar surface area (TPSA) is 66.4 Å². The maximum absolute atomic E-state index is 12.3. The molecule has 0 saturated heterocycles. The molecule has 2 rings (SSSR count). The Hall–Kier alpha value is -0.430. The molecule has 0 radical (unpaired) electrons. The van der Waals surface area contributed by atoms with Crippen molar-refractivity contribution in [2.24, 2.45) is 5.92 Å². The summed E-state index contributed by atoms with van der Waals surface area (Å²) in [7, 11) is -3.57. The summed E-state index contributed by atoms with van der Waals surface area (Å²) in [6, 6.07) is 6.12. The molecule has 0 aromatic heterocycles. The van der Waals surface area contributed by atoms with E-state index < -0.39 is 10.0 Å². The van der Waals surface area contributed by atoms with E-state index in [9.17, 15) is 13.5 Å². The zero-order valence-electron chi connectivity index (χ0n) is 11.3. The van der Waals surface area contributed by atoms with Crippen LogP contribution in [0.15, 0.2) is 33.6 Å². The van der Waals surface area contributed by atoms with E-state index in [0.717, 1.165) is 30.2 Å². The zero-order valence-corrected chi connectivity index (χ0v) is 13.7. The van der Waals surface area contributed by atoms with Gasteiger partial charge in [-0.25, -0.2) is 13.1 Å². The molecule has 6 heteroatoms. The Bertz CT molecular complexity index is 524. The first-order valence-electron chi connectivity index (χ1n) is 6.91. The van der Waals surface area contributed by atoms with Gasteiger partial charge in [-0.2, -0.15) is 0 Å². The van der Waals surface area contributed by atoms with Crippen LogP contribution >= 0.6 is 15.9 Å². The van der Waals surface area contributed by atoms with Crippen LogP contribution in [0, 0.1) is 5.92 Å². The van der Waals surface area contributed by atoms with Crippen molar-refractivity contribution < 1.29 is 13.5 Å². The predicted molar refractivity (Wildman–Crippen MR) is 81.9 cm³/mol. The molecule has 1 aliphatic carbocycles. The summed E-state index contributed by atoms with van der Waals surface area (Å²) in [6.07, 6.45) is 5.39. The molecular formula is C14H20BrNO3S. The normalized spacial score (nSPS) is 18.9. The molecule has 1 atom stereocenters. The van der Waals surface area contributed by atoms with Crippen LogP contribution in [0.2, 0.25) is 0 Å². The molecule has 1 unspecified atom stereocenters. The van der Waals surface area contributed by atoms with E-state index in [0.29, 0.717) is 0 Å². The molecule has 0 heterocycles. The Morgan fingerprint density at radius 1 is 1.20 bits per heavy atom. The maximum Gasteiger partial charge on any atom is 0.240 e. The third kappa shape index (κ3) is 4.04. The molecule has 0 spiro atoms. The average molecular weight is 362 g/mol. The number of sulfonamides is 1. The van der Waals surface area contributed by atoms with Crippen molar-refractivity contribution in [3.05, 3.63) is 28.7 Å². The van der Waals surface area contributed by atoms with Crippen LogP contribution in [-0.4, -0.2) is 26.2 Å². The molecule has 2 N–H and O–H groups in total. The van der Waals surface area contributed by atoms with Gasteiger partial charge in [0.1, 0.15) is 0 Å².